The number of carbonyl (C=O) groups excluding carboxylic acids is 1. The van der Waals surface area contributed by atoms with Gasteiger partial charge in [-0.25, -0.2) is 0 Å². The van der Waals surface area contributed by atoms with Crippen LogP contribution in [0.15, 0.2) is 30.3 Å². The third-order valence-electron chi connectivity index (χ3n) is 5.69. The molecule has 1 rings (SSSR count). The zero-order valence-electron chi connectivity index (χ0n) is 17.8. The highest BCUT2D eigenvalue weighted by Crippen LogP contribution is 2.14. The van der Waals surface area contributed by atoms with E-state index in [4.69, 9.17) is 0 Å². The van der Waals surface area contributed by atoms with E-state index in [0.29, 0.717) is 6.54 Å². The second-order valence-corrected chi connectivity index (χ2v) is 8.33. The van der Waals surface area contributed by atoms with E-state index in [2.05, 4.69) is 38.2 Å². The molecule has 0 aliphatic heterocycles. The molecule has 0 saturated carbocycles. The summed E-state index contributed by atoms with van der Waals surface area (Å²) < 4.78 is 0.833. The predicted molar refractivity (Wildman–Crippen MR) is 112 cm³/mol. The predicted octanol–water partition coefficient (Wildman–Crippen LogP) is 4.74. The van der Waals surface area contributed by atoms with Crippen molar-refractivity contribution in [3.63, 3.8) is 0 Å². The van der Waals surface area contributed by atoms with Gasteiger partial charge in [0.25, 0.3) is 0 Å². The Morgan fingerprint density at radius 2 is 1.37 bits per heavy atom. The second-order valence-electron chi connectivity index (χ2n) is 8.33. The summed E-state index contributed by atoms with van der Waals surface area (Å²) in [5.41, 5.74) is 1.33. The quantitative estimate of drug-likeness (QED) is 0.291. The van der Waals surface area contributed by atoms with Gasteiger partial charge in [0.15, 0.2) is 0 Å². The van der Waals surface area contributed by atoms with Crippen LogP contribution in [0.1, 0.15) is 83.1 Å². The van der Waals surface area contributed by atoms with Crippen molar-refractivity contribution in [2.24, 2.45) is 0 Å². The summed E-state index contributed by atoms with van der Waals surface area (Å²) in [5.74, 6) is -0.929. The molecule has 0 aromatic heterocycles. The zero-order valence-corrected chi connectivity index (χ0v) is 17.8. The monoisotopic (exact) mass is 375 g/mol. The molecule has 1 aromatic rings. The molecule has 0 radical (unpaired) electrons. The summed E-state index contributed by atoms with van der Waals surface area (Å²) in [4.78, 5) is 10.9. The highest BCUT2D eigenvalue weighted by Gasteiger charge is 2.20. The molecule has 0 fully saturated rings. The van der Waals surface area contributed by atoms with E-state index in [9.17, 15) is 9.90 Å². The fraction of sp³-hybridized carbons (Fsp3) is 0.708. The molecule has 0 amide bonds. The van der Waals surface area contributed by atoms with Gasteiger partial charge in [0, 0.05) is 18.8 Å². The molecular weight excluding hydrogens is 334 g/mol. The average Bonchev–Trinajstić information content (AvgIpc) is 2.67. The minimum Gasteiger partial charge on any atom is -0.550 e. The van der Waals surface area contributed by atoms with Gasteiger partial charge in [-0.3, -0.25) is 0 Å². The third kappa shape index (κ3) is 12.6. The molecule has 1 atom stereocenters. The van der Waals surface area contributed by atoms with E-state index in [0.717, 1.165) is 24.0 Å². The average molecular weight is 376 g/mol. The van der Waals surface area contributed by atoms with E-state index >= 15 is 0 Å². The Morgan fingerprint density at radius 3 is 1.93 bits per heavy atom. The molecule has 154 valence electrons. The van der Waals surface area contributed by atoms with Crippen molar-refractivity contribution in [2.45, 2.75) is 84.0 Å². The smallest absolute Gasteiger partial charge is 0.0837 e. The van der Waals surface area contributed by atoms with Crippen molar-refractivity contribution < 1.29 is 14.4 Å². The van der Waals surface area contributed by atoms with Crippen LogP contribution in [0, 0.1) is 0 Å². The summed E-state index contributed by atoms with van der Waals surface area (Å²) in [5, 5.41) is 10.9. The maximum absolute atomic E-state index is 10.9. The first kappa shape index (κ1) is 23.7. The number of likely N-dealkylation sites (N-methyl/N-ethyl adjacent to an activating group) is 1. The van der Waals surface area contributed by atoms with Crippen LogP contribution in [-0.2, 0) is 11.2 Å². The van der Waals surface area contributed by atoms with Crippen molar-refractivity contribution >= 4 is 5.97 Å². The fourth-order valence-corrected chi connectivity index (χ4v) is 3.72. The molecule has 1 unspecified atom stereocenters. The Morgan fingerprint density at radius 1 is 0.815 bits per heavy atom. The number of carboxylic acid groups (broad SMARTS) is 1. The number of aliphatic carboxylic acids is 1. The molecule has 27 heavy (non-hydrogen) atoms. The fourth-order valence-electron chi connectivity index (χ4n) is 3.72. The Balaban J connectivity index is 2.25. The van der Waals surface area contributed by atoms with Crippen LogP contribution in [0.2, 0.25) is 0 Å². The number of hydrogen-bond donors (Lipinski definition) is 0. The van der Waals surface area contributed by atoms with Gasteiger partial charge in [-0.1, -0.05) is 88.6 Å². The first-order chi connectivity index (χ1) is 13.1. The van der Waals surface area contributed by atoms with Gasteiger partial charge in [0.05, 0.1) is 26.7 Å². The van der Waals surface area contributed by atoms with E-state index in [1.54, 1.807) is 0 Å². The summed E-state index contributed by atoms with van der Waals surface area (Å²) in [6.45, 7) is 5.00. The number of hydrogen-bond acceptors (Lipinski definition) is 2. The minimum absolute atomic E-state index is 0.156. The summed E-state index contributed by atoms with van der Waals surface area (Å²) in [6.07, 6.45) is 14.5. The number of quaternary nitrogens is 1. The standard InChI is InChI=1S/C24H41NO2/c1-3-4-5-6-7-8-9-10-11-15-20-25(2,22-19-24(26)27)21-18-23-16-13-12-14-17-23/h12-14,16-17H,3-11,15,18-22H2,1-2H3. The van der Waals surface area contributed by atoms with Gasteiger partial charge in [0.2, 0.25) is 0 Å². The van der Waals surface area contributed by atoms with Crippen molar-refractivity contribution in [1.82, 2.24) is 0 Å². The zero-order chi connectivity index (χ0) is 19.8. The number of unbranched alkanes of at least 4 members (excludes halogenated alkanes) is 9. The molecule has 0 aliphatic rings. The highest BCUT2D eigenvalue weighted by molar-refractivity contribution is 5.64. The van der Waals surface area contributed by atoms with Gasteiger partial charge in [-0.2, -0.15) is 0 Å². The van der Waals surface area contributed by atoms with Crippen LogP contribution in [-0.4, -0.2) is 37.1 Å². The summed E-state index contributed by atoms with van der Waals surface area (Å²) in [7, 11) is 2.21. The number of nitrogens with zero attached hydrogens (tertiary/aromatic N) is 1. The highest BCUT2D eigenvalue weighted by atomic mass is 16.4. The van der Waals surface area contributed by atoms with E-state index in [-0.39, 0.29) is 6.42 Å². The van der Waals surface area contributed by atoms with Crippen LogP contribution < -0.4 is 5.11 Å². The van der Waals surface area contributed by atoms with Gasteiger partial charge < -0.3 is 14.4 Å². The molecule has 0 bridgehead atoms. The Hall–Kier alpha value is -1.35. The molecule has 0 N–H and O–H groups in total. The van der Waals surface area contributed by atoms with Crippen LogP contribution in [0.25, 0.3) is 0 Å². The van der Waals surface area contributed by atoms with E-state index < -0.39 is 5.97 Å². The Labute approximate surface area is 167 Å². The van der Waals surface area contributed by atoms with Crippen LogP contribution in [0.3, 0.4) is 0 Å². The Bertz CT molecular complexity index is 488. The van der Waals surface area contributed by atoms with Crippen molar-refractivity contribution in [1.29, 1.82) is 0 Å². The minimum atomic E-state index is -0.929. The lowest BCUT2D eigenvalue weighted by Gasteiger charge is -2.35. The van der Waals surface area contributed by atoms with E-state index in [1.807, 2.05) is 6.07 Å². The second kappa shape index (κ2) is 14.7. The number of benzene rings is 1. The summed E-state index contributed by atoms with van der Waals surface area (Å²) >= 11 is 0. The van der Waals surface area contributed by atoms with Crippen molar-refractivity contribution in [3.05, 3.63) is 35.9 Å². The lowest BCUT2D eigenvalue weighted by atomic mass is 10.1. The van der Waals surface area contributed by atoms with Crippen molar-refractivity contribution in [2.75, 3.05) is 26.7 Å². The molecule has 3 heteroatoms. The number of rotatable bonds is 17. The van der Waals surface area contributed by atoms with Crippen molar-refractivity contribution in [3.8, 4) is 0 Å². The number of carbonyl (C=O) groups is 1. The molecular formula is C24H41NO2. The molecule has 0 spiro atoms. The van der Waals surface area contributed by atoms with Gasteiger partial charge in [-0.05, 0) is 18.4 Å². The normalized spacial score (nSPS) is 13.4. The lowest BCUT2D eigenvalue weighted by Crippen LogP contribution is -2.48. The first-order valence-corrected chi connectivity index (χ1v) is 11.1. The maximum atomic E-state index is 10.9. The van der Waals surface area contributed by atoms with Gasteiger partial charge >= 0.3 is 0 Å². The van der Waals surface area contributed by atoms with Crippen LogP contribution in [0.4, 0.5) is 0 Å². The third-order valence-corrected chi connectivity index (χ3v) is 5.69. The van der Waals surface area contributed by atoms with Gasteiger partial charge in [0.1, 0.15) is 0 Å². The van der Waals surface area contributed by atoms with Crippen LogP contribution >= 0.6 is 0 Å². The molecule has 0 aliphatic carbocycles. The SMILES string of the molecule is CCCCCCCCCCCC[N+](C)(CCC(=O)[O-])CCc1ccccc1. The first-order valence-electron chi connectivity index (χ1n) is 11.1. The summed E-state index contributed by atoms with van der Waals surface area (Å²) in [6, 6.07) is 10.5. The van der Waals surface area contributed by atoms with Gasteiger partial charge in [-0.15, -0.1) is 0 Å². The maximum Gasteiger partial charge on any atom is 0.0837 e. The van der Waals surface area contributed by atoms with E-state index in [1.165, 1.54) is 69.8 Å². The molecule has 3 nitrogen and oxygen atoms in total. The topological polar surface area (TPSA) is 40.1 Å². The molecule has 0 heterocycles. The lowest BCUT2D eigenvalue weighted by molar-refractivity contribution is -0.909. The number of carboxylic acids is 1. The molecule has 1 aromatic carbocycles. The van der Waals surface area contributed by atoms with Crippen LogP contribution in [0.5, 0.6) is 0 Å². The largest absolute Gasteiger partial charge is 0.550 e. The molecule has 0 saturated heterocycles. The Kier molecular flexibility index (Phi) is 12.9.